The summed E-state index contributed by atoms with van der Waals surface area (Å²) in [6, 6.07) is 28.3. The molecule has 6 aromatic carbocycles. The van der Waals surface area contributed by atoms with Crippen molar-refractivity contribution in [2.45, 2.75) is 317 Å². The lowest BCUT2D eigenvalue weighted by Gasteiger charge is -2.36. The predicted molar refractivity (Wildman–Crippen MR) is 439 cm³/mol. The molecule has 12 heteroatoms. The van der Waals surface area contributed by atoms with Gasteiger partial charge in [-0.2, -0.15) is 0 Å². The van der Waals surface area contributed by atoms with Crippen molar-refractivity contribution in [2.75, 3.05) is 0 Å². The second-order valence-corrected chi connectivity index (χ2v) is 42.2. The van der Waals surface area contributed by atoms with Crippen LogP contribution in [-0.4, -0.2) is 17.8 Å². The molecule has 0 saturated heterocycles. The molecule has 102 heavy (non-hydrogen) atoms. The molecular weight excluding hydrogens is 1320 g/mol. The van der Waals surface area contributed by atoms with Gasteiger partial charge in [0, 0.05) is 65.7 Å². The van der Waals surface area contributed by atoms with Crippen molar-refractivity contribution >= 4 is 90.5 Å². The summed E-state index contributed by atoms with van der Waals surface area (Å²) < 4.78 is 69.4. The molecule has 3 aromatic heterocycles. The minimum atomic E-state index is -2.37. The van der Waals surface area contributed by atoms with Gasteiger partial charge in [-0.25, -0.2) is 0 Å². The first-order valence-electron chi connectivity index (χ1n) is 38.5. The molecule has 0 N–H and O–H groups in total. The number of benzene rings is 6. The van der Waals surface area contributed by atoms with Gasteiger partial charge in [-0.3, -0.25) is 13.6 Å². The van der Waals surface area contributed by atoms with Crippen molar-refractivity contribution in [1.29, 1.82) is 0 Å². The number of rotatable bonds is 20. The van der Waals surface area contributed by atoms with E-state index in [4.69, 9.17) is 38.8 Å². The zero-order valence-corrected chi connectivity index (χ0v) is 72.0. The van der Waals surface area contributed by atoms with E-state index in [2.05, 4.69) is 301 Å². The molecule has 0 aliphatic carbocycles. The van der Waals surface area contributed by atoms with E-state index in [9.17, 15) is 0 Å². The molecule has 9 aromatic rings. The van der Waals surface area contributed by atoms with Crippen LogP contribution in [0.2, 0.25) is 0 Å². The van der Waals surface area contributed by atoms with E-state index in [1.165, 1.54) is 33.4 Å². The summed E-state index contributed by atoms with van der Waals surface area (Å²) in [7, 11) is -6.91. The van der Waals surface area contributed by atoms with Crippen molar-refractivity contribution < 1.29 is 38.8 Å². The molecule has 0 aliphatic rings. The van der Waals surface area contributed by atoms with Crippen molar-refractivity contribution in [1.82, 2.24) is 0 Å². The fraction of sp³-hybridized carbons (Fsp3) is 0.600. The van der Waals surface area contributed by atoms with E-state index in [1.54, 1.807) is 0 Å². The van der Waals surface area contributed by atoms with Crippen molar-refractivity contribution in [2.24, 2.45) is 35.5 Å². The minimum Gasteiger partial charge on any atom is -0.399 e. The summed E-state index contributed by atoms with van der Waals surface area (Å²) in [4.78, 5) is 0. The van der Waals surface area contributed by atoms with Gasteiger partial charge in [0.25, 0.3) is 0 Å². The van der Waals surface area contributed by atoms with Gasteiger partial charge in [0.05, 0.1) is 0 Å². The smallest absolute Gasteiger partial charge is 0.388 e. The average molecular weight is 1450 g/mol. The number of hydrogen-bond acceptors (Lipinski definition) is 9. The topological polar surface area (TPSA) is 107 Å². The molecule has 9 rings (SSSR count). The highest BCUT2D eigenvalue weighted by molar-refractivity contribution is 7.32. The van der Waals surface area contributed by atoms with E-state index in [1.807, 2.05) is 0 Å². The normalized spacial score (nSPS) is 14.6. The van der Waals surface area contributed by atoms with Gasteiger partial charge in [-0.1, -0.05) is 244 Å². The zero-order valence-electron chi connectivity index (χ0n) is 69.3. The second kappa shape index (κ2) is 30.3. The maximum Gasteiger partial charge on any atom is 0.388 e. The largest absolute Gasteiger partial charge is 0.399 e. The first-order valence-corrected chi connectivity index (χ1v) is 41.7. The molecule has 0 bridgehead atoms. The van der Waals surface area contributed by atoms with Gasteiger partial charge in [0.15, 0.2) is 0 Å². The molecule has 0 spiro atoms. The lowest BCUT2D eigenvalue weighted by atomic mass is 9.81. The number of fused-ring (bicyclic) bond motifs is 9. The van der Waals surface area contributed by atoms with Crippen LogP contribution in [0.25, 0.3) is 65.8 Å². The van der Waals surface area contributed by atoms with Gasteiger partial charge in [0.1, 0.15) is 51.3 Å². The molecule has 3 heterocycles. The van der Waals surface area contributed by atoms with Gasteiger partial charge >= 0.3 is 24.7 Å². The van der Waals surface area contributed by atoms with Crippen LogP contribution in [0.1, 0.15) is 295 Å². The van der Waals surface area contributed by atoms with Gasteiger partial charge < -0.3 is 25.2 Å². The Balaban J connectivity index is 1.44. The van der Waals surface area contributed by atoms with Crippen LogP contribution in [0.5, 0.6) is 0 Å². The fourth-order valence-corrected chi connectivity index (χ4v) is 18.5. The molecular formula is C90H131O9P3. The highest BCUT2D eigenvalue weighted by Crippen LogP contribution is 2.51. The highest BCUT2D eigenvalue weighted by Gasteiger charge is 2.46. The lowest BCUT2D eigenvalue weighted by molar-refractivity contribution is -0.0370. The Kier molecular flexibility index (Phi) is 24.0. The fourth-order valence-electron chi connectivity index (χ4n) is 14.5. The molecule has 2 unspecified atom stereocenters. The van der Waals surface area contributed by atoms with E-state index in [0.29, 0.717) is 35.5 Å². The molecule has 0 fully saturated rings. The number of hydrogen-bond donors (Lipinski definition) is 0. The lowest BCUT2D eigenvalue weighted by Crippen LogP contribution is -2.55. The summed E-state index contributed by atoms with van der Waals surface area (Å²) in [5, 5.41) is 6.07. The van der Waals surface area contributed by atoms with Gasteiger partial charge in [-0.15, -0.1) is 0 Å². The van der Waals surface area contributed by atoms with Gasteiger partial charge in [0.2, 0.25) is 0 Å². The third-order valence-corrected chi connectivity index (χ3v) is 23.4. The van der Waals surface area contributed by atoms with Crippen LogP contribution in [0, 0.1) is 35.5 Å². The SMILES string of the molecule is CC(C)Cc1cc(C(C)(C)C)c2op(OC(C)C(C)(Op3oc4c(C(C)(C)C)cc(CC(C)C)cc4c4cc(CC(C)C)cc(C(C)(C)C)c4o3)C(C)Op3oc4c(C(C)(C)C)cc(CC(C)C)cc4c4cc(CC(C)C)cc(C(C)(C)C)c4o3)oc3c(C(C)(C)C)cc(CC(C)C)cc3c2c1. The summed E-state index contributed by atoms with van der Waals surface area (Å²) >= 11 is 0. The maximum absolute atomic E-state index is 8.04. The Morgan fingerprint density at radius 1 is 0.245 bits per heavy atom. The predicted octanol–water partition coefficient (Wildman–Crippen LogP) is 28.7. The summed E-state index contributed by atoms with van der Waals surface area (Å²) in [6.07, 6.45) is 3.73. The van der Waals surface area contributed by atoms with Crippen LogP contribution in [0.4, 0.5) is 0 Å². The molecule has 560 valence electrons. The average Bonchev–Trinajstić information content (AvgIpc) is 1.46. The zero-order chi connectivity index (χ0) is 75.8. The summed E-state index contributed by atoms with van der Waals surface area (Å²) in [6.45, 7) is 74.8. The summed E-state index contributed by atoms with van der Waals surface area (Å²) in [5.74, 6) is 2.56. The quantitative estimate of drug-likeness (QED) is 0.0737. The van der Waals surface area contributed by atoms with Crippen LogP contribution < -0.4 is 13.6 Å². The van der Waals surface area contributed by atoms with E-state index < -0.39 is 42.5 Å². The Morgan fingerprint density at radius 3 is 0.549 bits per heavy atom. The monoisotopic (exact) mass is 1450 g/mol. The van der Waals surface area contributed by atoms with Gasteiger partial charge in [-0.05, 0) is 197 Å². The van der Waals surface area contributed by atoms with Crippen LogP contribution in [-0.2, 0) is 71.0 Å². The molecule has 9 nitrogen and oxygen atoms in total. The molecule has 0 saturated carbocycles. The minimum absolute atomic E-state index is 0.327. The van der Waals surface area contributed by atoms with E-state index in [-0.39, 0.29) is 32.5 Å². The van der Waals surface area contributed by atoms with Crippen molar-refractivity contribution in [3.63, 3.8) is 0 Å². The Labute approximate surface area is 618 Å². The van der Waals surface area contributed by atoms with E-state index >= 15 is 0 Å². The Bertz CT molecular complexity index is 4170. The molecule has 2 atom stereocenters. The summed E-state index contributed by atoms with van der Waals surface area (Å²) in [5.41, 5.74) is 15.2. The third kappa shape index (κ3) is 18.6. The molecule has 0 amide bonds. The molecule has 0 aliphatic heterocycles. The Morgan fingerprint density at radius 2 is 0.402 bits per heavy atom. The maximum atomic E-state index is 8.04. The molecule has 0 radical (unpaired) electrons. The van der Waals surface area contributed by atoms with Crippen LogP contribution in [0.3, 0.4) is 0 Å². The first-order chi connectivity index (χ1) is 46.9. The second-order valence-electron chi connectivity index (χ2n) is 39.2. The van der Waals surface area contributed by atoms with Crippen LogP contribution >= 0.6 is 24.7 Å². The highest BCUT2D eigenvalue weighted by atomic mass is 31.1. The van der Waals surface area contributed by atoms with E-state index in [0.717, 1.165) is 138 Å². The van der Waals surface area contributed by atoms with Crippen molar-refractivity contribution in [3.8, 4) is 0 Å². The van der Waals surface area contributed by atoms with Crippen molar-refractivity contribution in [3.05, 3.63) is 140 Å². The Hall–Kier alpha value is -5.10. The first kappa shape index (κ1) is 81.0. The van der Waals surface area contributed by atoms with Crippen LogP contribution in [0.15, 0.2) is 98.0 Å². The standard InChI is InChI=1S/C90H131O9P3/c1-52(2)34-60-40-66-67-41-61(35-53(3)4)47-73(85(18,19)20)79(67)94-100(93-78(66)72(46-60)84(15,16)17)91-58(13)90(33,99-102-97-82-70(44-64(38-56(9)10)50-76(82)88(27,28)29)71-45-65(39-57(11)12)51-77(83(71)98-102)89(30,31)32)59(14)92-101-95-80-68(42-62(36-54(5)6)48-74(80)86(21,22)23)69-43-63(37-55(7)8)49-75(81(69)96-101)87(24,25)26/h40-59H,34-39H2,1-33H3. The third-order valence-electron chi connectivity index (χ3n) is 19.8.